The number of aliphatic hydroxyl groups excluding tert-OH is 2. The van der Waals surface area contributed by atoms with E-state index in [1.165, 1.54) is 11.3 Å². The van der Waals surface area contributed by atoms with Crippen LogP contribution in [0.1, 0.15) is 43.0 Å². The van der Waals surface area contributed by atoms with E-state index in [2.05, 4.69) is 41.4 Å². The average molecular weight is 491 g/mol. The first-order valence-electron chi connectivity index (χ1n) is 10.6. The Morgan fingerprint density at radius 2 is 1.88 bits per heavy atom. The molecule has 0 spiro atoms. The molecule has 0 radical (unpaired) electrons. The van der Waals surface area contributed by atoms with Crippen LogP contribution >= 0.6 is 23.1 Å². The molecule has 2 aromatic heterocycles. The zero-order valence-electron chi connectivity index (χ0n) is 19.0. The summed E-state index contributed by atoms with van der Waals surface area (Å²) in [5.74, 6) is 2.03. The largest absolute Gasteiger partial charge is 0.444 e. The molecular formula is C23H30N4O4S2. The van der Waals surface area contributed by atoms with Gasteiger partial charge in [-0.1, -0.05) is 32.9 Å². The molecule has 0 saturated carbocycles. The molecule has 10 heteroatoms. The quantitative estimate of drug-likeness (QED) is 0.302. The number of rotatable bonds is 11. The Morgan fingerprint density at radius 3 is 2.52 bits per heavy atom. The van der Waals surface area contributed by atoms with Gasteiger partial charge in [-0.15, -0.1) is 23.1 Å². The highest BCUT2D eigenvalue weighted by atomic mass is 32.2. The fraction of sp³-hybridized carbons (Fsp3) is 0.435. The minimum Gasteiger partial charge on any atom is -0.444 e. The molecule has 2 heterocycles. The molecule has 178 valence electrons. The van der Waals surface area contributed by atoms with Crippen LogP contribution in [0.4, 0.5) is 5.69 Å². The summed E-state index contributed by atoms with van der Waals surface area (Å²) < 4.78 is 6.82. The van der Waals surface area contributed by atoms with Gasteiger partial charge in [0.15, 0.2) is 0 Å². The Labute approximate surface area is 201 Å². The highest BCUT2D eigenvalue weighted by Crippen LogP contribution is 2.30. The van der Waals surface area contributed by atoms with Gasteiger partial charge in [-0.3, -0.25) is 4.79 Å². The second-order valence-corrected chi connectivity index (χ2v) is 11.0. The number of amides is 1. The Morgan fingerprint density at radius 1 is 1.15 bits per heavy atom. The van der Waals surface area contributed by atoms with Crippen LogP contribution in [0, 0.1) is 0 Å². The number of carbonyl (C=O) groups is 1. The number of aromatic nitrogens is 2. The van der Waals surface area contributed by atoms with Crippen molar-refractivity contribution in [2.45, 2.75) is 55.2 Å². The molecular weight excluding hydrogens is 460 g/mol. The summed E-state index contributed by atoms with van der Waals surface area (Å²) in [6.07, 6.45) is 3.76. The van der Waals surface area contributed by atoms with Gasteiger partial charge < -0.3 is 25.3 Å². The number of nitrogens with zero attached hydrogens (tertiary/aromatic N) is 2. The first kappa shape index (κ1) is 25.4. The average Bonchev–Trinajstić information content (AvgIpc) is 3.43. The lowest BCUT2D eigenvalue weighted by atomic mass is 9.94. The Hall–Kier alpha value is -2.24. The van der Waals surface area contributed by atoms with Crippen LogP contribution in [0.25, 0.3) is 0 Å². The molecule has 3 aromatic rings. The van der Waals surface area contributed by atoms with Crippen molar-refractivity contribution >= 4 is 34.7 Å². The van der Waals surface area contributed by atoms with Crippen molar-refractivity contribution in [3.8, 4) is 0 Å². The molecule has 0 fully saturated rings. The molecule has 33 heavy (non-hydrogen) atoms. The highest BCUT2D eigenvalue weighted by Gasteiger charge is 2.19. The highest BCUT2D eigenvalue weighted by molar-refractivity contribution is 8.00. The molecule has 0 atom stereocenters. The van der Waals surface area contributed by atoms with E-state index < -0.39 is 0 Å². The van der Waals surface area contributed by atoms with E-state index in [9.17, 15) is 4.79 Å². The summed E-state index contributed by atoms with van der Waals surface area (Å²) in [4.78, 5) is 21.1. The smallest absolute Gasteiger partial charge is 0.231 e. The number of oxazole rings is 1. The molecule has 0 aliphatic rings. The van der Waals surface area contributed by atoms with Gasteiger partial charge in [0, 0.05) is 17.6 Å². The number of aliphatic hydroxyl groups is 2. The maximum atomic E-state index is 12.4. The monoisotopic (exact) mass is 490 g/mol. The Balaban J connectivity index is 1.45. The summed E-state index contributed by atoms with van der Waals surface area (Å²) in [5, 5.41) is 24.9. The topological polar surface area (TPSA) is 121 Å². The van der Waals surface area contributed by atoms with Gasteiger partial charge in [-0.05, 0) is 17.7 Å². The summed E-state index contributed by atoms with van der Waals surface area (Å²) in [6, 6.07) is 7.09. The van der Waals surface area contributed by atoms with E-state index in [-0.39, 0.29) is 37.0 Å². The number of nitrogens with one attached hydrogen (secondary N) is 2. The molecule has 0 saturated heterocycles. The standard InChI is InChI=1S/C23H30N4O4S2/c1-23(2,3)18-10-25-20(31-18)14-32-22-11-26-21(33-22)8-19(30)27-16-6-4-15(5-7-16)9-24-17(12-28)13-29/h4-7,10-11,17,24,28-29H,8-9,12-14H2,1-3H3,(H,27,30). The van der Waals surface area contributed by atoms with E-state index >= 15 is 0 Å². The van der Waals surface area contributed by atoms with Crippen molar-refractivity contribution in [1.82, 2.24) is 15.3 Å². The molecule has 0 unspecified atom stereocenters. The van der Waals surface area contributed by atoms with Gasteiger partial charge in [-0.2, -0.15) is 0 Å². The van der Waals surface area contributed by atoms with Crippen LogP contribution in [0.5, 0.6) is 0 Å². The fourth-order valence-electron chi connectivity index (χ4n) is 2.80. The van der Waals surface area contributed by atoms with Crippen molar-refractivity contribution in [2.75, 3.05) is 18.5 Å². The van der Waals surface area contributed by atoms with Crippen LogP contribution < -0.4 is 10.6 Å². The van der Waals surface area contributed by atoms with E-state index in [0.29, 0.717) is 23.9 Å². The molecule has 3 rings (SSSR count). The lowest BCUT2D eigenvalue weighted by molar-refractivity contribution is -0.115. The molecule has 1 amide bonds. The van der Waals surface area contributed by atoms with Gasteiger partial charge in [0.2, 0.25) is 11.8 Å². The normalized spacial score (nSPS) is 11.8. The van der Waals surface area contributed by atoms with Crippen LogP contribution in [0.3, 0.4) is 0 Å². The number of thiazole rings is 1. The summed E-state index contributed by atoms with van der Waals surface area (Å²) >= 11 is 3.08. The van der Waals surface area contributed by atoms with Gasteiger partial charge in [0.25, 0.3) is 0 Å². The maximum Gasteiger partial charge on any atom is 0.231 e. The fourth-order valence-corrected chi connectivity index (χ4v) is 4.67. The summed E-state index contributed by atoms with van der Waals surface area (Å²) in [7, 11) is 0. The van der Waals surface area contributed by atoms with Crippen LogP contribution in [-0.4, -0.2) is 45.3 Å². The van der Waals surface area contributed by atoms with Crippen LogP contribution in [-0.2, 0) is 28.9 Å². The predicted molar refractivity (Wildman–Crippen MR) is 130 cm³/mol. The molecule has 4 N–H and O–H groups in total. The minimum absolute atomic E-state index is 0.0684. The lowest BCUT2D eigenvalue weighted by Crippen LogP contribution is -2.35. The first-order chi connectivity index (χ1) is 15.8. The number of benzene rings is 1. The third-order valence-electron chi connectivity index (χ3n) is 4.75. The van der Waals surface area contributed by atoms with Crippen molar-refractivity contribution in [3.05, 3.63) is 58.9 Å². The molecule has 0 bridgehead atoms. The summed E-state index contributed by atoms with van der Waals surface area (Å²) in [5.41, 5.74) is 1.62. The van der Waals surface area contributed by atoms with Gasteiger partial charge >= 0.3 is 0 Å². The zero-order valence-corrected chi connectivity index (χ0v) is 20.6. The van der Waals surface area contributed by atoms with Gasteiger partial charge in [0.05, 0.1) is 48.0 Å². The van der Waals surface area contributed by atoms with Crippen molar-refractivity contribution in [2.24, 2.45) is 0 Å². The number of hydrogen-bond acceptors (Lipinski definition) is 9. The van der Waals surface area contributed by atoms with Crippen molar-refractivity contribution < 1.29 is 19.4 Å². The van der Waals surface area contributed by atoms with Gasteiger partial charge in [-0.25, -0.2) is 9.97 Å². The second-order valence-electron chi connectivity index (χ2n) is 8.59. The first-order valence-corrected chi connectivity index (χ1v) is 12.4. The van der Waals surface area contributed by atoms with E-state index in [0.717, 1.165) is 20.5 Å². The molecule has 1 aromatic carbocycles. The van der Waals surface area contributed by atoms with E-state index in [1.54, 1.807) is 24.2 Å². The van der Waals surface area contributed by atoms with Crippen LogP contribution in [0.2, 0.25) is 0 Å². The minimum atomic E-state index is -0.345. The third kappa shape index (κ3) is 7.94. The van der Waals surface area contributed by atoms with E-state index in [1.807, 2.05) is 24.3 Å². The molecule has 8 nitrogen and oxygen atoms in total. The third-order valence-corrected chi connectivity index (χ3v) is 6.92. The number of anilines is 1. The van der Waals surface area contributed by atoms with Crippen molar-refractivity contribution in [3.63, 3.8) is 0 Å². The lowest BCUT2D eigenvalue weighted by Gasteiger charge is -2.13. The Kier molecular flexibility index (Phi) is 9.04. The van der Waals surface area contributed by atoms with Crippen LogP contribution in [0.15, 0.2) is 45.3 Å². The van der Waals surface area contributed by atoms with Gasteiger partial charge in [0.1, 0.15) is 10.8 Å². The predicted octanol–water partition coefficient (Wildman–Crippen LogP) is 3.34. The number of thioether (sulfide) groups is 1. The second kappa shape index (κ2) is 11.8. The Bertz CT molecular complexity index is 1020. The maximum absolute atomic E-state index is 12.4. The van der Waals surface area contributed by atoms with E-state index in [4.69, 9.17) is 14.6 Å². The summed E-state index contributed by atoms with van der Waals surface area (Å²) in [6.45, 7) is 6.53. The SMILES string of the molecule is CC(C)(C)c1cnc(CSc2cnc(CC(=O)Nc3ccc(CNC(CO)CO)cc3)s2)o1. The van der Waals surface area contributed by atoms with Crippen molar-refractivity contribution in [1.29, 1.82) is 0 Å². The number of hydrogen-bond donors (Lipinski definition) is 4. The molecule has 0 aliphatic heterocycles. The molecule has 0 aliphatic carbocycles. The number of carbonyl (C=O) groups excluding carboxylic acids is 1. The zero-order chi connectivity index (χ0) is 23.8.